The number of rotatable bonds is 8. The van der Waals surface area contributed by atoms with Gasteiger partial charge in [-0.05, 0) is 123 Å². The third-order valence-electron chi connectivity index (χ3n) is 13.7. The minimum atomic E-state index is -0.605. The van der Waals surface area contributed by atoms with Gasteiger partial charge < -0.3 is 30.1 Å². The maximum absolute atomic E-state index is 14.0. The van der Waals surface area contributed by atoms with Crippen molar-refractivity contribution >= 4 is 46.3 Å². The van der Waals surface area contributed by atoms with Crippen LogP contribution >= 0.6 is 0 Å². The normalized spacial score (nSPS) is 21.4. The van der Waals surface area contributed by atoms with E-state index in [2.05, 4.69) is 26.3 Å². The summed E-state index contributed by atoms with van der Waals surface area (Å²) < 4.78 is 7.97. The summed E-state index contributed by atoms with van der Waals surface area (Å²) in [6, 6.07) is 23.0. The number of benzene rings is 3. The van der Waals surface area contributed by atoms with Crippen molar-refractivity contribution < 1.29 is 23.9 Å². The van der Waals surface area contributed by atoms with Crippen LogP contribution < -0.4 is 20.7 Å². The Kier molecular flexibility index (Phi) is 10.7. The fraction of sp³-hybridized carbons (Fsp3) is 0.426. The summed E-state index contributed by atoms with van der Waals surface area (Å²) >= 11 is 0. The number of carbonyl (C=O) groups is 4. The Labute approximate surface area is 360 Å². The number of anilines is 2. The number of nitrogens with two attached hydrogens (primary N) is 1. The Morgan fingerprint density at radius 3 is 2.31 bits per heavy atom. The summed E-state index contributed by atoms with van der Waals surface area (Å²) in [5, 5.41) is 8.19. The number of amides is 5. The summed E-state index contributed by atoms with van der Waals surface area (Å²) in [4.78, 5) is 68.4. The highest BCUT2D eigenvalue weighted by Crippen LogP contribution is 2.37. The van der Waals surface area contributed by atoms with Gasteiger partial charge in [-0.25, -0.2) is 19.4 Å². The van der Waals surface area contributed by atoms with Gasteiger partial charge in [0.25, 0.3) is 5.91 Å². The minimum absolute atomic E-state index is 0.0471. The van der Waals surface area contributed by atoms with Gasteiger partial charge in [-0.3, -0.25) is 19.7 Å². The lowest BCUT2D eigenvalue weighted by Crippen LogP contribution is -2.52. The predicted molar refractivity (Wildman–Crippen MR) is 233 cm³/mol. The Bertz CT molecular complexity index is 2490. The number of hydrogen-bond donors (Lipinski definition) is 2. The summed E-state index contributed by atoms with van der Waals surface area (Å²) in [5.41, 5.74) is 11.4. The van der Waals surface area contributed by atoms with Crippen molar-refractivity contribution in [1.82, 2.24) is 39.8 Å². The average Bonchev–Trinajstić information content (AvgIpc) is 3.85. The number of nitrogens with zero attached hydrogens (tertiary/aromatic N) is 8. The molecule has 0 aliphatic carbocycles. The van der Waals surface area contributed by atoms with Crippen LogP contribution in [0, 0.1) is 11.8 Å². The first-order valence-electron chi connectivity index (χ1n) is 22.1. The number of para-hydroxylation sites is 1. The quantitative estimate of drug-likeness (QED) is 0.167. The highest BCUT2D eigenvalue weighted by molar-refractivity contribution is 6.05. The Balaban J connectivity index is 0.719. The molecule has 320 valence electrons. The van der Waals surface area contributed by atoms with Crippen molar-refractivity contribution in [2.75, 3.05) is 49.9 Å². The molecular formula is C47H52N10O5. The maximum Gasteiger partial charge on any atom is 0.320 e. The van der Waals surface area contributed by atoms with Gasteiger partial charge >= 0.3 is 6.03 Å². The van der Waals surface area contributed by atoms with Crippen molar-refractivity contribution in [3.63, 3.8) is 0 Å². The second-order valence-corrected chi connectivity index (χ2v) is 17.6. The number of fused-ring (bicyclic) bond motifs is 2. The lowest BCUT2D eigenvalue weighted by atomic mass is 9.82. The molecule has 0 radical (unpaired) electrons. The van der Waals surface area contributed by atoms with Gasteiger partial charge in [0.05, 0.1) is 11.4 Å². The van der Waals surface area contributed by atoms with Crippen LogP contribution in [-0.4, -0.2) is 104 Å². The molecule has 0 saturated carbocycles. The number of likely N-dealkylation sites (tertiary alicyclic amines) is 2. The zero-order valence-electron chi connectivity index (χ0n) is 34.8. The van der Waals surface area contributed by atoms with E-state index in [4.69, 9.17) is 15.6 Å². The first-order valence-corrected chi connectivity index (χ1v) is 22.1. The molecule has 2 atom stereocenters. The molecule has 3 N–H and O–H groups in total. The molecule has 5 aromatic rings. The summed E-state index contributed by atoms with van der Waals surface area (Å²) in [6.07, 6.45) is 9.29. The number of aromatic nitrogens is 4. The van der Waals surface area contributed by atoms with Gasteiger partial charge in [0.1, 0.15) is 35.4 Å². The fourth-order valence-electron chi connectivity index (χ4n) is 10.3. The van der Waals surface area contributed by atoms with E-state index in [0.29, 0.717) is 59.5 Å². The monoisotopic (exact) mass is 836 g/mol. The molecule has 3 aromatic carbocycles. The van der Waals surface area contributed by atoms with Crippen LogP contribution in [-0.2, 0) is 16.1 Å². The lowest BCUT2D eigenvalue weighted by Gasteiger charge is -2.40. The summed E-state index contributed by atoms with van der Waals surface area (Å²) in [7, 11) is 0. The molecule has 15 nitrogen and oxygen atoms in total. The number of carbonyl (C=O) groups excluding carboxylic acids is 4. The van der Waals surface area contributed by atoms with Gasteiger partial charge in [-0.1, -0.05) is 18.2 Å². The van der Waals surface area contributed by atoms with Crippen LogP contribution in [0.15, 0.2) is 79.1 Å². The third kappa shape index (κ3) is 7.80. The standard InChI is InChI=1S/C47H52N10O5/c48-43-41-42(32-8-11-37(12-9-32)62-36-6-2-1-3-7-36)52-57(44(41)50-29-49-43)35-5-4-20-55(28-35)47(61)54-23-18-31(19-24-54)25-30-16-21-53(22-17-30)34-10-13-38-33(26-34)27-56(46(38)60)39-14-15-40(58)51-45(39)59/h1-3,6-13,26,29-31,35,39H,4-5,14-25,27-28H2,(H2,48,49,50)(H,51,58,59). The number of urea groups is 1. The van der Waals surface area contributed by atoms with Crippen LogP contribution in [0.2, 0.25) is 0 Å². The molecule has 5 aliphatic rings. The van der Waals surface area contributed by atoms with Crippen LogP contribution in [0.1, 0.15) is 79.8 Å². The Hall–Kier alpha value is -6.51. The summed E-state index contributed by atoms with van der Waals surface area (Å²) in [6.45, 7) is 5.14. The summed E-state index contributed by atoms with van der Waals surface area (Å²) in [5.74, 6) is 2.30. The van der Waals surface area contributed by atoms with Crippen LogP contribution in [0.5, 0.6) is 11.5 Å². The SMILES string of the molecule is Nc1ncnc2c1c(-c1ccc(Oc3ccccc3)cc1)nn2C1CCCN(C(=O)N2CCC(CC3CCN(c4ccc5c(c4)CN(C4CCC(=O)NC4=O)C5=O)CC3)CC2)C1. The highest BCUT2D eigenvalue weighted by Gasteiger charge is 2.40. The van der Waals surface area contributed by atoms with Crippen molar-refractivity contribution in [1.29, 1.82) is 0 Å². The van der Waals surface area contributed by atoms with E-state index in [1.165, 1.54) is 12.7 Å². The molecule has 0 bridgehead atoms. The van der Waals surface area contributed by atoms with E-state index in [0.717, 1.165) is 99.6 Å². The number of nitrogen functional groups attached to an aromatic ring is 1. The first kappa shape index (κ1) is 39.6. The number of nitrogens with one attached hydrogen (secondary N) is 1. The van der Waals surface area contributed by atoms with Gasteiger partial charge in [0.15, 0.2) is 5.65 Å². The second kappa shape index (κ2) is 16.7. The first-order chi connectivity index (χ1) is 30.3. The molecule has 0 spiro atoms. The van der Waals surface area contributed by atoms with Crippen LogP contribution in [0.4, 0.5) is 16.3 Å². The molecule has 2 unspecified atom stereocenters. The second-order valence-electron chi connectivity index (χ2n) is 17.6. The third-order valence-corrected chi connectivity index (χ3v) is 13.7. The smallest absolute Gasteiger partial charge is 0.320 e. The van der Waals surface area contributed by atoms with E-state index in [1.54, 1.807) is 4.90 Å². The lowest BCUT2D eigenvalue weighted by molar-refractivity contribution is -0.136. The molecule has 10 rings (SSSR count). The van der Waals surface area contributed by atoms with Crippen molar-refractivity contribution in [2.24, 2.45) is 11.8 Å². The molecular weight excluding hydrogens is 785 g/mol. The fourth-order valence-corrected chi connectivity index (χ4v) is 10.3. The molecule has 2 aromatic heterocycles. The van der Waals surface area contributed by atoms with Gasteiger partial charge in [-0.15, -0.1) is 0 Å². The molecule has 4 fully saturated rings. The molecule has 4 saturated heterocycles. The van der Waals surface area contributed by atoms with Crippen LogP contribution in [0.25, 0.3) is 22.3 Å². The van der Waals surface area contributed by atoms with Gasteiger partial charge in [-0.2, -0.15) is 5.10 Å². The van der Waals surface area contributed by atoms with Crippen molar-refractivity contribution in [2.45, 2.75) is 76.4 Å². The predicted octanol–water partition coefficient (Wildman–Crippen LogP) is 6.40. The van der Waals surface area contributed by atoms with Crippen LogP contribution in [0.3, 0.4) is 0 Å². The highest BCUT2D eigenvalue weighted by atomic mass is 16.5. The van der Waals surface area contributed by atoms with E-state index in [1.807, 2.05) is 81.2 Å². The number of piperidine rings is 4. The number of imide groups is 1. The maximum atomic E-state index is 14.0. The topological polar surface area (TPSA) is 172 Å². The van der Waals surface area contributed by atoms with Crippen molar-refractivity contribution in [3.8, 4) is 22.8 Å². The Morgan fingerprint density at radius 1 is 0.806 bits per heavy atom. The van der Waals surface area contributed by atoms with E-state index < -0.39 is 6.04 Å². The number of ether oxygens (including phenoxy) is 1. The minimum Gasteiger partial charge on any atom is -0.457 e. The molecule has 15 heteroatoms. The van der Waals surface area contributed by atoms with Crippen molar-refractivity contribution in [3.05, 3.63) is 90.3 Å². The van der Waals surface area contributed by atoms with E-state index in [9.17, 15) is 19.2 Å². The number of hydrogen-bond acceptors (Lipinski definition) is 10. The molecule has 5 aliphatic heterocycles. The average molecular weight is 837 g/mol. The molecule has 5 amide bonds. The zero-order valence-corrected chi connectivity index (χ0v) is 34.8. The molecule has 62 heavy (non-hydrogen) atoms. The van der Waals surface area contributed by atoms with Gasteiger partial charge in [0.2, 0.25) is 11.8 Å². The Morgan fingerprint density at radius 2 is 1.55 bits per heavy atom. The van der Waals surface area contributed by atoms with E-state index >= 15 is 0 Å². The molecule has 7 heterocycles. The van der Waals surface area contributed by atoms with Gasteiger partial charge in [0, 0.05) is 69.0 Å². The van der Waals surface area contributed by atoms with E-state index in [-0.39, 0.29) is 36.2 Å². The largest absolute Gasteiger partial charge is 0.457 e. The zero-order chi connectivity index (χ0) is 42.3.